The molecule has 3 aromatic rings. The molecule has 0 spiro atoms. The van der Waals surface area contributed by atoms with E-state index in [1.165, 1.54) is 6.26 Å². The molecule has 0 unspecified atom stereocenters. The number of furan rings is 1. The van der Waals surface area contributed by atoms with Gasteiger partial charge in [-0.2, -0.15) is 5.10 Å². The lowest BCUT2D eigenvalue weighted by Crippen LogP contribution is -2.49. The van der Waals surface area contributed by atoms with E-state index in [4.69, 9.17) is 4.42 Å². The number of hydrogen-bond acceptors (Lipinski definition) is 6. The number of amides is 1. The molecule has 24 heavy (non-hydrogen) atoms. The first-order valence-corrected chi connectivity index (χ1v) is 7.73. The summed E-state index contributed by atoms with van der Waals surface area (Å²) in [6.45, 7) is 2.68. The van der Waals surface area contributed by atoms with Gasteiger partial charge in [0.25, 0.3) is 5.91 Å². The van der Waals surface area contributed by atoms with Crippen LogP contribution in [0, 0.1) is 0 Å². The predicted octanol–water partition coefficient (Wildman–Crippen LogP) is 1.22. The number of aromatic nitrogens is 4. The second kappa shape index (κ2) is 6.15. The van der Waals surface area contributed by atoms with Crippen LogP contribution >= 0.6 is 0 Å². The Hall–Kier alpha value is -3.16. The highest BCUT2D eigenvalue weighted by Crippen LogP contribution is 2.15. The minimum atomic E-state index is -0.0697. The molecule has 0 atom stereocenters. The van der Waals surface area contributed by atoms with Crippen LogP contribution in [0.1, 0.15) is 10.6 Å². The van der Waals surface area contributed by atoms with Crippen molar-refractivity contribution in [2.24, 2.45) is 0 Å². The molecule has 4 heterocycles. The summed E-state index contributed by atoms with van der Waals surface area (Å²) >= 11 is 0. The summed E-state index contributed by atoms with van der Waals surface area (Å²) in [4.78, 5) is 16.2. The second-order valence-electron chi connectivity index (χ2n) is 5.46. The minimum absolute atomic E-state index is 0.0697. The summed E-state index contributed by atoms with van der Waals surface area (Å²) in [5.41, 5.74) is 0. The van der Waals surface area contributed by atoms with Gasteiger partial charge in [-0.05, 0) is 30.3 Å². The molecule has 1 amide bonds. The number of anilines is 1. The van der Waals surface area contributed by atoms with Gasteiger partial charge >= 0.3 is 0 Å². The quantitative estimate of drug-likeness (QED) is 0.720. The van der Waals surface area contributed by atoms with Crippen molar-refractivity contribution in [1.29, 1.82) is 0 Å². The highest BCUT2D eigenvalue weighted by atomic mass is 16.3. The largest absolute Gasteiger partial charge is 0.459 e. The zero-order chi connectivity index (χ0) is 16.4. The first kappa shape index (κ1) is 14.4. The van der Waals surface area contributed by atoms with Crippen LogP contribution in [-0.4, -0.2) is 57.0 Å². The maximum absolute atomic E-state index is 12.3. The van der Waals surface area contributed by atoms with E-state index in [0.29, 0.717) is 37.8 Å². The van der Waals surface area contributed by atoms with Gasteiger partial charge in [0, 0.05) is 38.6 Å². The van der Waals surface area contributed by atoms with E-state index in [9.17, 15) is 4.79 Å². The minimum Gasteiger partial charge on any atom is -0.459 e. The van der Waals surface area contributed by atoms with Crippen LogP contribution in [0.25, 0.3) is 5.82 Å². The fraction of sp³-hybridized carbons (Fsp3) is 0.250. The molecule has 1 saturated heterocycles. The zero-order valence-electron chi connectivity index (χ0n) is 12.9. The molecule has 3 aromatic heterocycles. The van der Waals surface area contributed by atoms with Crippen molar-refractivity contribution in [2.45, 2.75) is 0 Å². The summed E-state index contributed by atoms with van der Waals surface area (Å²) in [5.74, 6) is 1.79. The Kier molecular flexibility index (Phi) is 3.70. The standard InChI is InChI=1S/C16H16N6O2/c23-16(13-3-1-12-24-13)21-10-8-20(9-11-21)14-4-5-15(19-18-14)22-7-2-6-17-22/h1-7,12H,8-11H2. The Morgan fingerprint density at radius 1 is 1.00 bits per heavy atom. The van der Waals surface area contributed by atoms with E-state index in [-0.39, 0.29) is 5.91 Å². The van der Waals surface area contributed by atoms with E-state index in [1.54, 1.807) is 27.9 Å². The molecule has 0 aliphatic carbocycles. The Morgan fingerprint density at radius 2 is 1.79 bits per heavy atom. The zero-order valence-corrected chi connectivity index (χ0v) is 12.9. The van der Waals surface area contributed by atoms with Gasteiger partial charge in [-0.25, -0.2) is 4.68 Å². The average Bonchev–Trinajstić information content (AvgIpc) is 3.35. The fourth-order valence-corrected chi connectivity index (χ4v) is 2.71. The number of piperazine rings is 1. The van der Waals surface area contributed by atoms with Gasteiger partial charge < -0.3 is 14.2 Å². The number of rotatable bonds is 3. The topological polar surface area (TPSA) is 80.3 Å². The first-order valence-electron chi connectivity index (χ1n) is 7.73. The highest BCUT2D eigenvalue weighted by Gasteiger charge is 2.24. The lowest BCUT2D eigenvalue weighted by atomic mass is 10.3. The highest BCUT2D eigenvalue weighted by molar-refractivity contribution is 5.91. The number of nitrogens with zero attached hydrogens (tertiary/aromatic N) is 6. The van der Waals surface area contributed by atoms with Gasteiger partial charge in [0.15, 0.2) is 17.4 Å². The Morgan fingerprint density at radius 3 is 2.42 bits per heavy atom. The second-order valence-corrected chi connectivity index (χ2v) is 5.46. The van der Waals surface area contributed by atoms with Crippen LogP contribution in [0.5, 0.6) is 0 Å². The molecule has 1 aliphatic heterocycles. The summed E-state index contributed by atoms with van der Waals surface area (Å²) in [6, 6.07) is 9.06. The van der Waals surface area contributed by atoms with E-state index >= 15 is 0 Å². The van der Waals surface area contributed by atoms with E-state index in [1.807, 2.05) is 24.4 Å². The van der Waals surface area contributed by atoms with Gasteiger partial charge in [-0.3, -0.25) is 4.79 Å². The lowest BCUT2D eigenvalue weighted by molar-refractivity contribution is 0.0714. The lowest BCUT2D eigenvalue weighted by Gasteiger charge is -2.34. The SMILES string of the molecule is O=C(c1ccco1)N1CCN(c2ccc(-n3cccn3)nn2)CC1. The molecule has 0 radical (unpaired) electrons. The molecule has 1 fully saturated rings. The van der Waals surface area contributed by atoms with Crippen LogP contribution in [0.3, 0.4) is 0 Å². The van der Waals surface area contributed by atoms with Crippen molar-refractivity contribution in [3.63, 3.8) is 0 Å². The fourth-order valence-electron chi connectivity index (χ4n) is 2.71. The molecule has 1 aliphatic rings. The van der Waals surface area contributed by atoms with E-state index < -0.39 is 0 Å². The van der Waals surface area contributed by atoms with Crippen LogP contribution in [0.4, 0.5) is 5.82 Å². The van der Waals surface area contributed by atoms with Crippen molar-refractivity contribution in [3.05, 3.63) is 54.7 Å². The molecule has 0 bridgehead atoms. The maximum Gasteiger partial charge on any atom is 0.289 e. The summed E-state index contributed by atoms with van der Waals surface area (Å²) in [5, 5.41) is 12.6. The monoisotopic (exact) mass is 324 g/mol. The van der Waals surface area contributed by atoms with Crippen molar-refractivity contribution in [3.8, 4) is 5.82 Å². The van der Waals surface area contributed by atoms with Gasteiger partial charge in [0.1, 0.15) is 0 Å². The van der Waals surface area contributed by atoms with Crippen LogP contribution in [0.15, 0.2) is 53.4 Å². The Balaban J connectivity index is 1.40. The Bertz CT molecular complexity index is 790. The molecule has 122 valence electrons. The molecule has 4 rings (SSSR count). The van der Waals surface area contributed by atoms with Crippen LogP contribution in [-0.2, 0) is 0 Å². The van der Waals surface area contributed by atoms with Gasteiger partial charge in [0.2, 0.25) is 0 Å². The van der Waals surface area contributed by atoms with Gasteiger partial charge in [-0.15, -0.1) is 10.2 Å². The smallest absolute Gasteiger partial charge is 0.289 e. The van der Waals surface area contributed by atoms with Crippen molar-refractivity contribution < 1.29 is 9.21 Å². The van der Waals surface area contributed by atoms with Crippen molar-refractivity contribution >= 4 is 11.7 Å². The molecular formula is C16H16N6O2. The number of hydrogen-bond donors (Lipinski definition) is 0. The third kappa shape index (κ3) is 2.73. The Labute approximate surface area is 138 Å². The molecular weight excluding hydrogens is 308 g/mol. The maximum atomic E-state index is 12.3. The molecule has 0 N–H and O–H groups in total. The molecule has 0 saturated carbocycles. The summed E-state index contributed by atoms with van der Waals surface area (Å²) in [6.07, 6.45) is 5.04. The van der Waals surface area contributed by atoms with E-state index in [0.717, 1.165) is 5.82 Å². The third-order valence-electron chi connectivity index (χ3n) is 4.00. The average molecular weight is 324 g/mol. The number of carbonyl (C=O) groups excluding carboxylic acids is 1. The normalized spacial score (nSPS) is 14.8. The molecule has 8 nitrogen and oxygen atoms in total. The summed E-state index contributed by atoms with van der Waals surface area (Å²) in [7, 11) is 0. The van der Waals surface area contributed by atoms with Crippen LogP contribution in [0.2, 0.25) is 0 Å². The van der Waals surface area contributed by atoms with Gasteiger partial charge in [0.05, 0.1) is 6.26 Å². The van der Waals surface area contributed by atoms with Crippen LogP contribution < -0.4 is 4.90 Å². The number of carbonyl (C=O) groups is 1. The summed E-state index contributed by atoms with van der Waals surface area (Å²) < 4.78 is 6.84. The van der Waals surface area contributed by atoms with E-state index in [2.05, 4.69) is 20.2 Å². The van der Waals surface area contributed by atoms with Crippen molar-refractivity contribution in [1.82, 2.24) is 24.9 Å². The van der Waals surface area contributed by atoms with Crippen molar-refractivity contribution in [2.75, 3.05) is 31.1 Å². The molecule has 8 heteroatoms. The third-order valence-corrected chi connectivity index (χ3v) is 4.00. The predicted molar refractivity (Wildman–Crippen MR) is 86.0 cm³/mol. The first-order chi connectivity index (χ1) is 11.8. The van der Waals surface area contributed by atoms with Gasteiger partial charge in [-0.1, -0.05) is 0 Å². The molecule has 0 aromatic carbocycles.